The zero-order chi connectivity index (χ0) is 28.5. The van der Waals surface area contributed by atoms with Gasteiger partial charge in [0.2, 0.25) is 5.78 Å². The van der Waals surface area contributed by atoms with Crippen LogP contribution in [-0.4, -0.2) is 31.8 Å². The highest BCUT2D eigenvalue weighted by atomic mass is 16.3. The number of aliphatic hydroxyl groups is 3. The number of ketones is 1. The summed E-state index contributed by atoms with van der Waals surface area (Å²) < 4.78 is 6.36. The molecule has 0 radical (unpaired) electrons. The Bertz CT molecular complexity index is 1490. The molecule has 6 nitrogen and oxygen atoms in total. The lowest BCUT2D eigenvalue weighted by atomic mass is 9.59. The molecule has 210 valence electrons. The van der Waals surface area contributed by atoms with Crippen molar-refractivity contribution in [2.24, 2.45) is 23.7 Å². The van der Waals surface area contributed by atoms with E-state index in [9.17, 15) is 25.2 Å². The maximum absolute atomic E-state index is 13.4. The van der Waals surface area contributed by atoms with Crippen molar-refractivity contribution < 1.29 is 29.6 Å². The second-order valence-electron chi connectivity index (χ2n) is 12.6. The Morgan fingerprint density at radius 1 is 1.07 bits per heavy atom. The van der Waals surface area contributed by atoms with Crippen LogP contribution >= 0.6 is 0 Å². The van der Waals surface area contributed by atoms with Crippen LogP contribution < -0.4 is 0 Å². The molecule has 6 rings (SSSR count). The maximum atomic E-state index is 13.4. The van der Waals surface area contributed by atoms with Gasteiger partial charge in [-0.15, -0.1) is 0 Å². The first-order valence-corrected chi connectivity index (χ1v) is 14.4. The molecule has 4 aliphatic rings. The Kier molecular flexibility index (Phi) is 6.37. The van der Waals surface area contributed by atoms with E-state index in [1.807, 2.05) is 18.2 Å². The lowest BCUT2D eigenvalue weighted by Gasteiger charge is -2.47. The number of Topliss-reactive ketones (excluding diaryl/α,β-unsaturated/α-hetero) is 1. The second kappa shape index (κ2) is 9.55. The second-order valence-corrected chi connectivity index (χ2v) is 12.6. The lowest BCUT2D eigenvalue weighted by Crippen LogP contribution is -2.55. The highest BCUT2D eigenvalue weighted by Gasteiger charge is 2.58. The van der Waals surface area contributed by atoms with Gasteiger partial charge in [-0.1, -0.05) is 32.9 Å². The summed E-state index contributed by atoms with van der Waals surface area (Å²) in [7, 11) is 0. The largest absolute Gasteiger partial charge is 0.512 e. The summed E-state index contributed by atoms with van der Waals surface area (Å²) in [6.45, 7) is 11.9. The molecule has 3 atom stereocenters. The fourth-order valence-corrected chi connectivity index (χ4v) is 7.67. The van der Waals surface area contributed by atoms with Crippen molar-refractivity contribution in [1.29, 1.82) is 0 Å². The van der Waals surface area contributed by atoms with Crippen LogP contribution in [0.5, 0.6) is 5.75 Å². The third-order valence-electron chi connectivity index (χ3n) is 9.83. The van der Waals surface area contributed by atoms with E-state index in [-0.39, 0.29) is 29.4 Å². The van der Waals surface area contributed by atoms with E-state index in [2.05, 4.69) is 20.1 Å². The molecule has 0 bridgehead atoms. The molecule has 4 aliphatic carbocycles. The fraction of sp³-hybridized carbons (Fsp3) is 0.441. The van der Waals surface area contributed by atoms with E-state index in [1.54, 1.807) is 13.0 Å². The van der Waals surface area contributed by atoms with E-state index < -0.39 is 23.1 Å². The third kappa shape index (κ3) is 3.99. The zero-order valence-electron chi connectivity index (χ0n) is 23.3. The lowest BCUT2D eigenvalue weighted by molar-refractivity contribution is -0.142. The van der Waals surface area contributed by atoms with Gasteiger partial charge in [-0.2, -0.15) is 0 Å². The summed E-state index contributed by atoms with van der Waals surface area (Å²) in [6.07, 6.45) is 6.78. The van der Waals surface area contributed by atoms with E-state index in [4.69, 9.17) is 4.42 Å². The number of carbonyl (C=O) groups excluding carboxylic acids is 1. The fourth-order valence-electron chi connectivity index (χ4n) is 7.67. The van der Waals surface area contributed by atoms with Gasteiger partial charge in [-0.05, 0) is 91.3 Å². The Balaban J connectivity index is 1.37. The van der Waals surface area contributed by atoms with Crippen LogP contribution in [-0.2, 0) is 17.6 Å². The molecule has 4 N–H and O–H groups in total. The number of allylic oxidation sites excluding steroid dienone is 4. The number of hydrogen-bond donors (Lipinski definition) is 4. The van der Waals surface area contributed by atoms with E-state index in [0.717, 1.165) is 35.0 Å². The number of phenols is 1. The van der Waals surface area contributed by atoms with Crippen molar-refractivity contribution in [3.63, 3.8) is 0 Å². The van der Waals surface area contributed by atoms with Crippen molar-refractivity contribution in [1.82, 2.24) is 0 Å². The number of furan rings is 1. The smallest absolute Gasteiger partial charge is 0.206 e. The van der Waals surface area contributed by atoms with Crippen LogP contribution in [0.25, 0.3) is 16.9 Å². The van der Waals surface area contributed by atoms with Crippen molar-refractivity contribution in [3.8, 4) is 17.1 Å². The van der Waals surface area contributed by atoms with Gasteiger partial charge < -0.3 is 24.8 Å². The number of rotatable bonds is 4. The number of aliphatic hydroxyl groups excluding tert-OH is 2. The molecule has 1 aromatic carbocycles. The van der Waals surface area contributed by atoms with Crippen LogP contribution in [0.4, 0.5) is 0 Å². The molecule has 0 unspecified atom stereocenters. The minimum Gasteiger partial charge on any atom is -0.512 e. The van der Waals surface area contributed by atoms with Crippen LogP contribution in [0.15, 0.2) is 70.1 Å². The highest BCUT2D eigenvalue weighted by molar-refractivity contribution is 6.09. The summed E-state index contributed by atoms with van der Waals surface area (Å²) in [6, 6.07) is 7.50. The van der Waals surface area contributed by atoms with E-state index >= 15 is 0 Å². The summed E-state index contributed by atoms with van der Waals surface area (Å²) >= 11 is 0. The minimum atomic E-state index is -2.17. The first-order valence-electron chi connectivity index (χ1n) is 14.4. The monoisotopic (exact) mass is 542 g/mol. The molecular formula is C34H38O6. The molecule has 2 aromatic rings. The normalized spacial score (nSPS) is 30.2. The molecule has 1 aromatic heterocycles. The number of hydrogen-bond acceptors (Lipinski definition) is 6. The Labute approximate surface area is 235 Å². The first-order chi connectivity index (χ1) is 19.0. The van der Waals surface area contributed by atoms with Gasteiger partial charge in [0, 0.05) is 35.5 Å². The number of benzene rings is 1. The Morgan fingerprint density at radius 3 is 2.50 bits per heavy atom. The van der Waals surface area contributed by atoms with Gasteiger partial charge >= 0.3 is 0 Å². The molecule has 0 aliphatic heterocycles. The van der Waals surface area contributed by atoms with Gasteiger partial charge in [0.05, 0.1) is 5.57 Å². The van der Waals surface area contributed by atoms with Crippen LogP contribution in [0.2, 0.25) is 0 Å². The minimum absolute atomic E-state index is 0.0230. The van der Waals surface area contributed by atoms with Gasteiger partial charge in [-0.3, -0.25) is 4.79 Å². The predicted molar refractivity (Wildman–Crippen MR) is 154 cm³/mol. The number of carbonyl (C=O) groups is 1. The molecule has 0 saturated heterocycles. The van der Waals surface area contributed by atoms with Gasteiger partial charge in [0.25, 0.3) is 0 Å². The molecule has 40 heavy (non-hydrogen) atoms. The molecule has 1 saturated carbocycles. The van der Waals surface area contributed by atoms with Gasteiger partial charge in [0.1, 0.15) is 28.8 Å². The number of aromatic hydroxyl groups is 1. The van der Waals surface area contributed by atoms with E-state index in [1.165, 1.54) is 25.7 Å². The van der Waals surface area contributed by atoms with Crippen molar-refractivity contribution in [2.45, 2.75) is 70.8 Å². The molecule has 6 heteroatoms. The number of fused-ring (bicyclic) bond motifs is 3. The van der Waals surface area contributed by atoms with Crippen molar-refractivity contribution in [3.05, 3.63) is 82.5 Å². The standard InChI is InChI=1S/C34H38O6/c1-17(2)29-27(36)16-22-14-21-15-25-24(28-12-9-23(40-28)13-20-7-5-18(3)6-8-20)10-11-26(35)31(25)19(4)30(21)33(38)34(22,39)32(29)37/h9-12,18,20-22,35-36,38-39H,1,4-8,13-16H2,2-3H3/t18?,20?,21-,22+,34-/m0/s1. The van der Waals surface area contributed by atoms with Crippen molar-refractivity contribution >= 4 is 11.4 Å². The third-order valence-corrected chi connectivity index (χ3v) is 9.83. The summed E-state index contributed by atoms with van der Waals surface area (Å²) in [5.74, 6) is 0.911. The average molecular weight is 543 g/mol. The highest BCUT2D eigenvalue weighted by Crippen LogP contribution is 2.56. The molecule has 1 fully saturated rings. The molecule has 0 spiro atoms. The number of phenolic OH excluding ortho intramolecular Hbond substituents is 1. The van der Waals surface area contributed by atoms with Crippen LogP contribution in [0.3, 0.4) is 0 Å². The van der Waals surface area contributed by atoms with Crippen LogP contribution in [0, 0.1) is 23.7 Å². The SMILES string of the molecule is C=C(C)C1=C(O)C[C@H]2C[C@H]3Cc4c(-c5ccc(CC6CCC(C)CC6)o5)ccc(O)c4C(=C)C3=C(O)[C@@]2(O)C1=O. The Hall–Kier alpha value is -3.51. The zero-order valence-corrected chi connectivity index (χ0v) is 23.3. The predicted octanol–water partition coefficient (Wildman–Crippen LogP) is 7.13. The topological polar surface area (TPSA) is 111 Å². The summed E-state index contributed by atoms with van der Waals surface area (Å²) in [4.78, 5) is 13.4. The summed E-state index contributed by atoms with van der Waals surface area (Å²) in [5.41, 5.74) is 1.14. The Morgan fingerprint density at radius 2 is 1.80 bits per heavy atom. The van der Waals surface area contributed by atoms with Crippen molar-refractivity contribution in [2.75, 3.05) is 0 Å². The summed E-state index contributed by atoms with van der Waals surface area (Å²) in [5, 5.41) is 44.7. The average Bonchev–Trinajstić information content (AvgIpc) is 3.35. The van der Waals surface area contributed by atoms with Crippen LogP contribution in [0.1, 0.15) is 69.3 Å². The maximum Gasteiger partial charge on any atom is 0.206 e. The molecule has 1 heterocycles. The van der Waals surface area contributed by atoms with Gasteiger partial charge in [-0.25, -0.2) is 0 Å². The first kappa shape index (κ1) is 26.7. The quantitative estimate of drug-likeness (QED) is 0.327. The molecular weight excluding hydrogens is 504 g/mol. The van der Waals surface area contributed by atoms with E-state index in [0.29, 0.717) is 41.0 Å². The van der Waals surface area contributed by atoms with Gasteiger partial charge in [0.15, 0.2) is 5.60 Å². The molecule has 0 amide bonds.